The van der Waals surface area contributed by atoms with E-state index in [4.69, 9.17) is 16.9 Å². The van der Waals surface area contributed by atoms with Gasteiger partial charge in [0.25, 0.3) is 6.47 Å². The van der Waals surface area contributed by atoms with Crippen LogP contribution in [0.5, 0.6) is 0 Å². The van der Waals surface area contributed by atoms with Crippen LogP contribution >= 0.6 is 11.6 Å². The fraction of sp³-hybridized carbons (Fsp3) is 0.517. The smallest absolute Gasteiger partial charge is 0.293 e. The lowest BCUT2D eigenvalue weighted by Crippen LogP contribution is -2.12. The molecule has 0 N–H and O–H groups in total. The minimum atomic E-state index is -0.377. The summed E-state index contributed by atoms with van der Waals surface area (Å²) in [5.41, 5.74) is 2.04. The topological polar surface area (TPSA) is 53.3 Å². The highest BCUT2D eigenvalue weighted by atomic mass is 35.5. The Morgan fingerprint density at radius 2 is 1.86 bits per heavy atom. The van der Waals surface area contributed by atoms with Crippen molar-refractivity contribution in [1.29, 1.82) is 5.26 Å². The molecule has 1 unspecified atom stereocenters. The maximum Gasteiger partial charge on any atom is 0.293 e. The molecular formula is C29H41ClF2N2O2. The number of nitrogens with zero attached hydrogens (tertiary/aromatic N) is 2. The van der Waals surface area contributed by atoms with Gasteiger partial charge in [-0.25, -0.2) is 8.78 Å². The number of hydrogen-bond donors (Lipinski definition) is 0. The number of halogens is 3. The molecule has 4 nitrogen and oxygen atoms in total. The molecule has 1 fully saturated rings. The van der Waals surface area contributed by atoms with E-state index in [1.165, 1.54) is 25.6 Å². The van der Waals surface area contributed by atoms with Crippen molar-refractivity contribution < 1.29 is 18.3 Å². The predicted octanol–water partition coefficient (Wildman–Crippen LogP) is 7.60. The molecule has 2 aromatic carbocycles. The van der Waals surface area contributed by atoms with Gasteiger partial charge in [-0.2, -0.15) is 5.26 Å². The van der Waals surface area contributed by atoms with E-state index in [9.17, 15) is 13.6 Å². The van der Waals surface area contributed by atoms with Crippen LogP contribution in [0.2, 0.25) is 5.02 Å². The van der Waals surface area contributed by atoms with E-state index < -0.39 is 0 Å². The maximum atomic E-state index is 12.6. The van der Waals surface area contributed by atoms with E-state index in [2.05, 4.69) is 37.5 Å². The van der Waals surface area contributed by atoms with Crippen molar-refractivity contribution in [3.63, 3.8) is 0 Å². The van der Waals surface area contributed by atoms with E-state index in [1.807, 2.05) is 19.1 Å². The highest BCUT2D eigenvalue weighted by Crippen LogP contribution is 2.16. The van der Waals surface area contributed by atoms with Gasteiger partial charge in [0.2, 0.25) is 0 Å². The zero-order valence-electron chi connectivity index (χ0n) is 22.5. The number of nitriles is 1. The monoisotopic (exact) mass is 522 g/mol. The molecule has 0 aliphatic carbocycles. The van der Waals surface area contributed by atoms with Gasteiger partial charge in [0, 0.05) is 6.54 Å². The third-order valence-electron chi connectivity index (χ3n) is 5.82. The minimum Gasteiger partial charge on any atom is -0.468 e. The van der Waals surface area contributed by atoms with Crippen LogP contribution in [0.25, 0.3) is 0 Å². The summed E-state index contributed by atoms with van der Waals surface area (Å²) in [5, 5.41) is 9.00. The van der Waals surface area contributed by atoms with Gasteiger partial charge in [-0.3, -0.25) is 4.79 Å². The van der Waals surface area contributed by atoms with Gasteiger partial charge in [0.1, 0.15) is 17.7 Å². The standard InChI is InChI=1S/C8H6ClN.C8H8F2.C7H14O2.C6H13N/c1-6-2-3-7(5-10)8(9)4-6;1-2-6-5-7(9)3-4-8(6)10;1-3-7(4-2)5-9-6-8;1-6-3-4-7(2)5-6/h2-4H,1H3;3-5H,2H2,1H3;6-7H,3-5H2,1-2H3;6H,3-5H2,1-2H3. The normalized spacial score (nSPS) is 14.3. The first-order valence-corrected chi connectivity index (χ1v) is 12.8. The zero-order chi connectivity index (χ0) is 27.5. The number of rotatable bonds is 6. The Hall–Kier alpha value is -2.49. The van der Waals surface area contributed by atoms with Gasteiger partial charge in [-0.05, 0) is 86.7 Å². The second-order valence-electron chi connectivity index (χ2n) is 8.95. The van der Waals surface area contributed by atoms with Crippen LogP contribution in [0, 0.1) is 41.7 Å². The van der Waals surface area contributed by atoms with Crippen molar-refractivity contribution in [2.45, 2.75) is 60.3 Å². The first kappa shape index (κ1) is 33.5. The molecule has 0 aromatic heterocycles. The predicted molar refractivity (Wildman–Crippen MR) is 144 cm³/mol. The molecule has 2 aromatic rings. The summed E-state index contributed by atoms with van der Waals surface area (Å²) in [6, 6.07) is 10.8. The molecule has 1 heterocycles. The summed E-state index contributed by atoms with van der Waals surface area (Å²) < 4.78 is 29.6. The molecular weight excluding hydrogens is 482 g/mol. The number of hydrogen-bond acceptors (Lipinski definition) is 4. The SMILES string of the molecule is CC1CCN(C)C1.CCC(CC)COC=O.CCc1cc(F)ccc1F.Cc1ccc(C#N)c(Cl)c1. The Balaban J connectivity index is 0.000000457. The van der Waals surface area contributed by atoms with Crippen LogP contribution in [0.3, 0.4) is 0 Å². The van der Waals surface area contributed by atoms with Gasteiger partial charge in [0.15, 0.2) is 0 Å². The second kappa shape index (κ2) is 19.7. The highest BCUT2D eigenvalue weighted by Gasteiger charge is 2.13. The Kier molecular flexibility index (Phi) is 18.3. The number of carbonyl (C=O) groups excluding carboxylic acids is 1. The fourth-order valence-corrected chi connectivity index (χ4v) is 3.66. The number of benzene rings is 2. The van der Waals surface area contributed by atoms with Crippen molar-refractivity contribution in [3.05, 3.63) is 69.7 Å². The van der Waals surface area contributed by atoms with Crippen LogP contribution in [-0.4, -0.2) is 38.1 Å². The first-order valence-electron chi connectivity index (χ1n) is 12.4. The molecule has 1 aliphatic heterocycles. The summed E-state index contributed by atoms with van der Waals surface area (Å²) in [6.45, 7) is 13.9. The van der Waals surface area contributed by atoms with Gasteiger partial charge < -0.3 is 9.64 Å². The Morgan fingerprint density at radius 1 is 1.19 bits per heavy atom. The first-order chi connectivity index (χ1) is 17.1. The van der Waals surface area contributed by atoms with Gasteiger partial charge >= 0.3 is 0 Å². The molecule has 7 heteroatoms. The van der Waals surface area contributed by atoms with Gasteiger partial charge in [0.05, 0.1) is 17.2 Å². The summed E-state index contributed by atoms with van der Waals surface area (Å²) >= 11 is 5.71. The summed E-state index contributed by atoms with van der Waals surface area (Å²) in [6.07, 6.45) is 4.11. The third-order valence-corrected chi connectivity index (χ3v) is 6.13. The summed E-state index contributed by atoms with van der Waals surface area (Å²) in [5.74, 6) is 0.794. The van der Waals surface area contributed by atoms with E-state index in [0.29, 0.717) is 41.6 Å². The van der Waals surface area contributed by atoms with Crippen molar-refractivity contribution >= 4 is 18.1 Å². The zero-order valence-corrected chi connectivity index (χ0v) is 23.2. The molecule has 0 amide bonds. The summed E-state index contributed by atoms with van der Waals surface area (Å²) in [4.78, 5) is 12.1. The van der Waals surface area contributed by atoms with Crippen molar-refractivity contribution in [2.75, 3.05) is 26.7 Å². The molecule has 1 atom stereocenters. The van der Waals surface area contributed by atoms with E-state index in [0.717, 1.165) is 36.5 Å². The fourth-order valence-electron chi connectivity index (χ4n) is 3.38. The average molecular weight is 523 g/mol. The highest BCUT2D eigenvalue weighted by molar-refractivity contribution is 6.31. The van der Waals surface area contributed by atoms with Crippen molar-refractivity contribution in [1.82, 2.24) is 4.90 Å². The molecule has 200 valence electrons. The lowest BCUT2D eigenvalue weighted by molar-refractivity contribution is -0.130. The average Bonchev–Trinajstić information content (AvgIpc) is 3.25. The van der Waals surface area contributed by atoms with Gasteiger partial charge in [-0.1, -0.05) is 58.2 Å². The maximum absolute atomic E-state index is 12.6. The van der Waals surface area contributed by atoms with Crippen LogP contribution in [0.15, 0.2) is 36.4 Å². The van der Waals surface area contributed by atoms with Crippen LogP contribution < -0.4 is 0 Å². The van der Waals surface area contributed by atoms with Gasteiger partial charge in [-0.15, -0.1) is 0 Å². The molecule has 0 spiro atoms. The Labute approximate surface area is 221 Å². The molecule has 1 saturated heterocycles. The molecule has 0 bridgehead atoms. The van der Waals surface area contributed by atoms with E-state index >= 15 is 0 Å². The lowest BCUT2D eigenvalue weighted by Gasteiger charge is -2.08. The third kappa shape index (κ3) is 14.8. The number of carbonyl (C=O) groups is 1. The summed E-state index contributed by atoms with van der Waals surface area (Å²) in [7, 11) is 2.18. The molecule has 0 radical (unpaired) electrons. The Bertz CT molecular complexity index is 913. The van der Waals surface area contributed by atoms with E-state index in [-0.39, 0.29) is 11.6 Å². The molecule has 1 aliphatic rings. The molecule has 36 heavy (non-hydrogen) atoms. The number of aryl methyl sites for hydroxylation is 2. The quantitative estimate of drug-likeness (QED) is 0.366. The molecule has 3 rings (SSSR count). The van der Waals surface area contributed by atoms with Crippen LogP contribution in [0.4, 0.5) is 8.78 Å². The lowest BCUT2D eigenvalue weighted by atomic mass is 10.1. The second-order valence-corrected chi connectivity index (χ2v) is 9.36. The number of likely N-dealkylation sites (tertiary alicyclic amines) is 1. The number of ether oxygens (including phenoxy) is 1. The van der Waals surface area contributed by atoms with Crippen LogP contribution in [-0.2, 0) is 16.0 Å². The van der Waals surface area contributed by atoms with Crippen molar-refractivity contribution in [3.8, 4) is 6.07 Å². The van der Waals surface area contributed by atoms with E-state index in [1.54, 1.807) is 19.1 Å². The minimum absolute atomic E-state index is 0.330. The molecule has 0 saturated carbocycles. The largest absolute Gasteiger partial charge is 0.468 e. The Morgan fingerprint density at radius 3 is 2.25 bits per heavy atom. The van der Waals surface area contributed by atoms with Crippen LogP contribution in [0.1, 0.15) is 63.6 Å². The van der Waals surface area contributed by atoms with Crippen molar-refractivity contribution in [2.24, 2.45) is 11.8 Å².